The molecular formula is C22H22ClFO. The maximum absolute atomic E-state index is 13.8. The van der Waals surface area contributed by atoms with Crippen LogP contribution in [0.1, 0.15) is 48.3 Å². The summed E-state index contributed by atoms with van der Waals surface area (Å²) in [6.45, 7) is 0.877. The first-order valence-corrected chi connectivity index (χ1v) is 9.09. The Balaban J connectivity index is 1.64. The molecule has 0 aromatic heterocycles. The number of halogens is 2. The molecule has 1 saturated carbocycles. The fourth-order valence-electron chi connectivity index (χ4n) is 3.47. The molecule has 0 spiro atoms. The summed E-state index contributed by atoms with van der Waals surface area (Å²) in [5.41, 5.74) is 2.63. The van der Waals surface area contributed by atoms with Crippen LogP contribution in [0.15, 0.2) is 42.5 Å². The highest BCUT2D eigenvalue weighted by Crippen LogP contribution is 2.35. The van der Waals surface area contributed by atoms with Gasteiger partial charge in [0.25, 0.3) is 0 Å². The van der Waals surface area contributed by atoms with Gasteiger partial charge in [-0.25, -0.2) is 4.39 Å². The van der Waals surface area contributed by atoms with E-state index in [4.69, 9.17) is 16.3 Å². The number of ether oxygens (including phenoxy) is 1. The van der Waals surface area contributed by atoms with E-state index in [0.717, 1.165) is 12.2 Å². The van der Waals surface area contributed by atoms with Crippen LogP contribution < -0.4 is 0 Å². The third-order valence-electron chi connectivity index (χ3n) is 4.90. The Labute approximate surface area is 154 Å². The lowest BCUT2D eigenvalue weighted by atomic mass is 9.79. The summed E-state index contributed by atoms with van der Waals surface area (Å²) in [7, 11) is 1.78. The molecular weight excluding hydrogens is 335 g/mol. The number of hydrogen-bond donors (Lipinski definition) is 0. The molecule has 0 heterocycles. The van der Waals surface area contributed by atoms with Crippen molar-refractivity contribution in [2.75, 3.05) is 13.7 Å². The van der Waals surface area contributed by atoms with Crippen molar-refractivity contribution < 1.29 is 9.13 Å². The Morgan fingerprint density at radius 3 is 2.40 bits per heavy atom. The molecule has 130 valence electrons. The van der Waals surface area contributed by atoms with Crippen molar-refractivity contribution in [2.24, 2.45) is 5.92 Å². The van der Waals surface area contributed by atoms with Gasteiger partial charge in [-0.05, 0) is 73.4 Å². The van der Waals surface area contributed by atoms with Crippen LogP contribution in [-0.4, -0.2) is 13.7 Å². The first kappa shape index (κ1) is 18.0. The molecule has 1 aliphatic rings. The number of hydrogen-bond acceptors (Lipinski definition) is 1. The quantitative estimate of drug-likeness (QED) is 0.631. The molecule has 3 rings (SSSR count). The zero-order valence-corrected chi connectivity index (χ0v) is 15.2. The predicted octanol–water partition coefficient (Wildman–Crippen LogP) is 5.80. The third kappa shape index (κ3) is 4.84. The summed E-state index contributed by atoms with van der Waals surface area (Å²) >= 11 is 5.76. The van der Waals surface area contributed by atoms with Crippen molar-refractivity contribution in [3.63, 3.8) is 0 Å². The van der Waals surface area contributed by atoms with E-state index in [9.17, 15) is 4.39 Å². The molecule has 0 bridgehead atoms. The first-order chi connectivity index (χ1) is 12.2. The minimum atomic E-state index is -0.385. The molecule has 1 aliphatic carbocycles. The summed E-state index contributed by atoms with van der Waals surface area (Å²) in [4.78, 5) is 0. The van der Waals surface area contributed by atoms with Crippen LogP contribution in [0, 0.1) is 23.6 Å². The lowest BCUT2D eigenvalue weighted by Gasteiger charge is -2.28. The normalized spacial score (nSPS) is 20.0. The number of methoxy groups -OCH3 is 1. The second kappa shape index (κ2) is 8.52. The fourth-order valence-corrected chi connectivity index (χ4v) is 3.63. The SMILES string of the molecule is COCC1CCC(c2ccc(C#Cc3ccc(Cl)cc3F)cc2)CC1. The standard InChI is InChI=1S/C22H22ClFO/c1-25-15-17-5-9-19(10-6-17)18-7-2-16(3-8-18)4-11-20-12-13-21(23)14-22(20)24/h2-3,7-8,12-14,17,19H,5-6,9-10,15H2,1H3. The minimum Gasteiger partial charge on any atom is -0.384 e. The Morgan fingerprint density at radius 2 is 1.76 bits per heavy atom. The van der Waals surface area contributed by atoms with Gasteiger partial charge in [0.2, 0.25) is 0 Å². The highest BCUT2D eigenvalue weighted by molar-refractivity contribution is 6.30. The summed E-state index contributed by atoms with van der Waals surface area (Å²) in [6.07, 6.45) is 4.90. The van der Waals surface area contributed by atoms with Crippen LogP contribution in [0.2, 0.25) is 5.02 Å². The maximum atomic E-state index is 13.8. The van der Waals surface area contributed by atoms with E-state index < -0.39 is 0 Å². The van der Waals surface area contributed by atoms with Gasteiger partial charge in [0.1, 0.15) is 5.82 Å². The average molecular weight is 357 g/mol. The maximum Gasteiger partial charge on any atom is 0.140 e. The molecule has 25 heavy (non-hydrogen) atoms. The van der Waals surface area contributed by atoms with Crippen molar-refractivity contribution in [3.8, 4) is 11.8 Å². The van der Waals surface area contributed by atoms with Crippen molar-refractivity contribution in [1.29, 1.82) is 0 Å². The van der Waals surface area contributed by atoms with Crippen LogP contribution in [0.25, 0.3) is 0 Å². The third-order valence-corrected chi connectivity index (χ3v) is 5.14. The van der Waals surface area contributed by atoms with Gasteiger partial charge in [-0.1, -0.05) is 35.6 Å². The zero-order valence-electron chi connectivity index (χ0n) is 14.4. The van der Waals surface area contributed by atoms with Crippen LogP contribution in [0.4, 0.5) is 4.39 Å². The molecule has 0 amide bonds. The molecule has 0 aliphatic heterocycles. The zero-order chi connectivity index (χ0) is 17.6. The molecule has 0 N–H and O–H groups in total. The molecule has 0 atom stereocenters. The van der Waals surface area contributed by atoms with Crippen molar-refractivity contribution in [2.45, 2.75) is 31.6 Å². The van der Waals surface area contributed by atoms with Gasteiger partial charge >= 0.3 is 0 Å². The van der Waals surface area contributed by atoms with Gasteiger partial charge in [-0.3, -0.25) is 0 Å². The largest absolute Gasteiger partial charge is 0.384 e. The van der Waals surface area contributed by atoms with E-state index in [1.54, 1.807) is 19.2 Å². The van der Waals surface area contributed by atoms with Gasteiger partial charge in [0.15, 0.2) is 0 Å². The molecule has 2 aromatic rings. The fraction of sp³-hybridized carbons (Fsp3) is 0.364. The minimum absolute atomic E-state index is 0.366. The van der Waals surface area contributed by atoms with Crippen molar-refractivity contribution in [1.82, 2.24) is 0 Å². The Hall–Kier alpha value is -1.82. The Bertz CT molecular complexity index is 765. The van der Waals surface area contributed by atoms with E-state index in [0.29, 0.717) is 22.4 Å². The molecule has 2 aromatic carbocycles. The summed E-state index contributed by atoms with van der Waals surface area (Å²) in [6, 6.07) is 12.9. The molecule has 1 nitrogen and oxygen atoms in total. The van der Waals surface area contributed by atoms with Crippen LogP contribution in [0.3, 0.4) is 0 Å². The van der Waals surface area contributed by atoms with E-state index in [1.807, 2.05) is 12.1 Å². The number of benzene rings is 2. The molecule has 0 unspecified atom stereocenters. The van der Waals surface area contributed by atoms with E-state index in [1.165, 1.54) is 37.3 Å². The van der Waals surface area contributed by atoms with Crippen molar-refractivity contribution >= 4 is 11.6 Å². The van der Waals surface area contributed by atoms with E-state index in [-0.39, 0.29) is 5.82 Å². The Kier molecular flexibility index (Phi) is 6.13. The van der Waals surface area contributed by atoms with Gasteiger partial charge < -0.3 is 4.74 Å². The van der Waals surface area contributed by atoms with E-state index >= 15 is 0 Å². The topological polar surface area (TPSA) is 9.23 Å². The van der Waals surface area contributed by atoms with E-state index in [2.05, 4.69) is 24.0 Å². The van der Waals surface area contributed by atoms with Gasteiger partial charge in [0, 0.05) is 24.3 Å². The second-order valence-electron chi connectivity index (χ2n) is 6.67. The summed E-state index contributed by atoms with van der Waals surface area (Å²) in [5, 5.41) is 0.382. The number of rotatable bonds is 3. The Morgan fingerprint density at radius 1 is 1.04 bits per heavy atom. The highest BCUT2D eigenvalue weighted by atomic mass is 35.5. The van der Waals surface area contributed by atoms with Crippen LogP contribution in [-0.2, 0) is 4.74 Å². The molecule has 0 saturated heterocycles. The smallest absolute Gasteiger partial charge is 0.140 e. The first-order valence-electron chi connectivity index (χ1n) is 8.71. The van der Waals surface area contributed by atoms with Gasteiger partial charge in [-0.2, -0.15) is 0 Å². The monoisotopic (exact) mass is 356 g/mol. The summed E-state index contributed by atoms with van der Waals surface area (Å²) < 4.78 is 19.0. The average Bonchev–Trinajstić information content (AvgIpc) is 2.62. The van der Waals surface area contributed by atoms with Crippen LogP contribution in [0.5, 0.6) is 0 Å². The molecule has 1 fully saturated rings. The van der Waals surface area contributed by atoms with Crippen molar-refractivity contribution in [3.05, 3.63) is 70.0 Å². The molecule has 3 heteroatoms. The highest BCUT2D eigenvalue weighted by Gasteiger charge is 2.22. The predicted molar refractivity (Wildman–Crippen MR) is 100 cm³/mol. The molecule has 0 radical (unpaired) electrons. The summed E-state index contributed by atoms with van der Waals surface area (Å²) in [5.74, 6) is 6.86. The second-order valence-corrected chi connectivity index (χ2v) is 7.11. The van der Waals surface area contributed by atoms with Gasteiger partial charge in [-0.15, -0.1) is 0 Å². The lowest BCUT2D eigenvalue weighted by molar-refractivity contribution is 0.127. The van der Waals surface area contributed by atoms with Gasteiger partial charge in [0.05, 0.1) is 5.56 Å². The lowest BCUT2D eigenvalue weighted by Crippen LogP contribution is -2.17. The van der Waals surface area contributed by atoms with Crippen LogP contribution >= 0.6 is 11.6 Å².